The molecular weight excluding hydrogens is 276 g/mol. The van der Waals surface area contributed by atoms with Crippen LogP contribution in [0.3, 0.4) is 0 Å². The van der Waals surface area contributed by atoms with Crippen molar-refractivity contribution in [2.24, 2.45) is 5.73 Å². The van der Waals surface area contributed by atoms with Crippen LogP contribution in [-0.4, -0.2) is 4.98 Å². The summed E-state index contributed by atoms with van der Waals surface area (Å²) in [6.45, 7) is 4.42. The molecule has 0 saturated heterocycles. The lowest BCUT2D eigenvalue weighted by molar-refractivity contribution is 0.719. The third kappa shape index (κ3) is 3.14. The maximum atomic E-state index is 6.35. The van der Waals surface area contributed by atoms with Gasteiger partial charge >= 0.3 is 0 Å². The number of hydrogen-bond acceptors (Lipinski definition) is 3. The van der Waals surface area contributed by atoms with Crippen LogP contribution in [0.1, 0.15) is 42.5 Å². The highest BCUT2D eigenvalue weighted by molar-refractivity contribution is 7.17. The summed E-state index contributed by atoms with van der Waals surface area (Å²) in [6.07, 6.45) is 2.75. The molecule has 0 aliphatic rings. The monoisotopic (exact) mass is 296 g/mol. The minimum atomic E-state index is -0.00565. The van der Waals surface area contributed by atoms with Gasteiger partial charge in [0, 0.05) is 12.2 Å². The van der Waals surface area contributed by atoms with Crippen molar-refractivity contribution in [1.82, 2.24) is 4.98 Å². The summed E-state index contributed by atoms with van der Waals surface area (Å²) in [7, 11) is 0. The Labute approximate surface area is 129 Å². The summed E-state index contributed by atoms with van der Waals surface area (Å²) in [4.78, 5) is 4.47. The van der Waals surface area contributed by atoms with Gasteiger partial charge in [0.15, 0.2) is 0 Å². The van der Waals surface area contributed by atoms with E-state index < -0.39 is 0 Å². The molecule has 0 radical (unpaired) electrons. The Hall–Kier alpha value is -1.71. The van der Waals surface area contributed by atoms with Crippen molar-refractivity contribution in [2.45, 2.75) is 32.2 Å². The molecule has 0 amide bonds. The van der Waals surface area contributed by atoms with E-state index in [0.717, 1.165) is 17.5 Å². The standard InChI is InChI=1S/C18H20N2S/c1-12(2)14-5-3-13(4-6-14)9-16(19)15-10-18-17(20-11-15)7-8-21-18/h3-8,10-12,16H,9,19H2,1-2H3. The van der Waals surface area contributed by atoms with Crippen molar-refractivity contribution < 1.29 is 0 Å². The van der Waals surface area contributed by atoms with Crippen LogP contribution in [0.5, 0.6) is 0 Å². The molecule has 2 nitrogen and oxygen atoms in total. The molecule has 0 aliphatic heterocycles. The molecule has 3 rings (SSSR count). The lowest BCUT2D eigenvalue weighted by atomic mass is 9.97. The minimum Gasteiger partial charge on any atom is -0.324 e. The van der Waals surface area contributed by atoms with Crippen LogP contribution in [0.15, 0.2) is 48.0 Å². The Morgan fingerprint density at radius 2 is 1.86 bits per heavy atom. The molecular formula is C18H20N2S. The molecule has 21 heavy (non-hydrogen) atoms. The van der Waals surface area contributed by atoms with Crippen LogP contribution in [-0.2, 0) is 6.42 Å². The summed E-state index contributed by atoms with van der Waals surface area (Å²) in [6, 6.07) is 13.0. The average Bonchev–Trinajstić information content (AvgIpc) is 2.95. The summed E-state index contributed by atoms with van der Waals surface area (Å²) >= 11 is 1.71. The third-order valence-electron chi connectivity index (χ3n) is 3.85. The van der Waals surface area contributed by atoms with Crippen LogP contribution in [0.4, 0.5) is 0 Å². The molecule has 0 aliphatic carbocycles. The van der Waals surface area contributed by atoms with Crippen molar-refractivity contribution in [1.29, 1.82) is 0 Å². The molecule has 0 fully saturated rings. The molecule has 3 aromatic rings. The topological polar surface area (TPSA) is 38.9 Å². The minimum absolute atomic E-state index is 0.00565. The van der Waals surface area contributed by atoms with E-state index in [-0.39, 0.29) is 6.04 Å². The maximum Gasteiger partial charge on any atom is 0.0809 e. The first-order valence-electron chi connectivity index (χ1n) is 7.31. The number of nitrogens with two attached hydrogens (primary N) is 1. The zero-order valence-corrected chi connectivity index (χ0v) is 13.2. The molecule has 2 heterocycles. The van der Waals surface area contributed by atoms with E-state index in [4.69, 9.17) is 5.73 Å². The number of rotatable bonds is 4. The molecule has 2 N–H and O–H groups in total. The average molecular weight is 296 g/mol. The summed E-state index contributed by atoms with van der Waals surface area (Å²) < 4.78 is 1.21. The van der Waals surface area contributed by atoms with Gasteiger partial charge < -0.3 is 5.73 Å². The van der Waals surface area contributed by atoms with Crippen LogP contribution >= 0.6 is 11.3 Å². The molecule has 1 atom stereocenters. The van der Waals surface area contributed by atoms with Gasteiger partial charge in [-0.1, -0.05) is 38.1 Å². The molecule has 0 bridgehead atoms. The van der Waals surface area contributed by atoms with Gasteiger partial charge in [0.25, 0.3) is 0 Å². The van der Waals surface area contributed by atoms with Crippen molar-refractivity contribution in [3.05, 3.63) is 64.7 Å². The Morgan fingerprint density at radius 1 is 1.10 bits per heavy atom. The predicted octanol–water partition coefficient (Wildman–Crippen LogP) is 4.66. The number of nitrogens with zero attached hydrogens (tertiary/aromatic N) is 1. The number of fused-ring (bicyclic) bond motifs is 1. The third-order valence-corrected chi connectivity index (χ3v) is 4.71. The highest BCUT2D eigenvalue weighted by atomic mass is 32.1. The Balaban J connectivity index is 1.77. The van der Waals surface area contributed by atoms with Crippen LogP contribution < -0.4 is 5.73 Å². The number of aromatic nitrogens is 1. The Morgan fingerprint density at radius 3 is 2.57 bits per heavy atom. The fraction of sp³-hybridized carbons (Fsp3) is 0.278. The molecule has 1 aromatic carbocycles. The van der Waals surface area contributed by atoms with E-state index in [2.05, 4.69) is 54.5 Å². The first-order valence-corrected chi connectivity index (χ1v) is 8.19. The zero-order valence-electron chi connectivity index (χ0n) is 12.4. The van der Waals surface area contributed by atoms with Gasteiger partial charge in [0.05, 0.1) is 10.2 Å². The van der Waals surface area contributed by atoms with E-state index in [1.54, 1.807) is 11.3 Å². The highest BCUT2D eigenvalue weighted by Gasteiger charge is 2.09. The SMILES string of the molecule is CC(C)c1ccc(CC(N)c2cnc3ccsc3c2)cc1. The largest absolute Gasteiger partial charge is 0.324 e. The van der Waals surface area contributed by atoms with Gasteiger partial charge in [-0.3, -0.25) is 4.98 Å². The van der Waals surface area contributed by atoms with Gasteiger partial charge in [-0.15, -0.1) is 11.3 Å². The van der Waals surface area contributed by atoms with Crippen molar-refractivity contribution >= 4 is 21.6 Å². The number of pyridine rings is 1. The van der Waals surface area contributed by atoms with Crippen molar-refractivity contribution in [3.8, 4) is 0 Å². The van der Waals surface area contributed by atoms with Crippen LogP contribution in [0.2, 0.25) is 0 Å². The first-order chi connectivity index (χ1) is 10.1. The molecule has 108 valence electrons. The van der Waals surface area contributed by atoms with Gasteiger partial charge in [-0.2, -0.15) is 0 Å². The fourth-order valence-electron chi connectivity index (χ4n) is 2.47. The van der Waals surface area contributed by atoms with Gasteiger partial charge in [-0.25, -0.2) is 0 Å². The Bertz CT molecular complexity index is 728. The fourth-order valence-corrected chi connectivity index (χ4v) is 3.26. The number of thiophene rings is 1. The van der Waals surface area contributed by atoms with Crippen molar-refractivity contribution in [2.75, 3.05) is 0 Å². The first kappa shape index (κ1) is 14.2. The van der Waals surface area contributed by atoms with E-state index in [1.165, 1.54) is 15.8 Å². The van der Waals surface area contributed by atoms with E-state index >= 15 is 0 Å². The van der Waals surface area contributed by atoms with E-state index in [1.807, 2.05) is 12.3 Å². The number of hydrogen-bond donors (Lipinski definition) is 1. The smallest absolute Gasteiger partial charge is 0.0809 e. The van der Waals surface area contributed by atoms with E-state index in [9.17, 15) is 0 Å². The molecule has 1 unspecified atom stereocenters. The second kappa shape index (κ2) is 5.96. The molecule has 0 saturated carbocycles. The normalized spacial score (nSPS) is 13.0. The molecule has 3 heteroatoms. The summed E-state index contributed by atoms with van der Waals surface area (Å²) in [5, 5.41) is 2.07. The zero-order chi connectivity index (χ0) is 14.8. The molecule has 2 aromatic heterocycles. The highest BCUT2D eigenvalue weighted by Crippen LogP contribution is 2.24. The summed E-state index contributed by atoms with van der Waals surface area (Å²) in [5.41, 5.74) is 11.2. The lowest BCUT2D eigenvalue weighted by Crippen LogP contribution is -2.13. The predicted molar refractivity (Wildman–Crippen MR) is 90.8 cm³/mol. The van der Waals surface area contributed by atoms with Crippen LogP contribution in [0, 0.1) is 0 Å². The summed E-state index contributed by atoms with van der Waals surface area (Å²) in [5.74, 6) is 0.568. The van der Waals surface area contributed by atoms with E-state index in [0.29, 0.717) is 5.92 Å². The second-order valence-electron chi connectivity index (χ2n) is 5.78. The second-order valence-corrected chi connectivity index (χ2v) is 6.73. The van der Waals surface area contributed by atoms with Gasteiger partial charge in [-0.05, 0) is 46.5 Å². The molecule has 0 spiro atoms. The Kier molecular flexibility index (Phi) is 4.04. The van der Waals surface area contributed by atoms with Crippen molar-refractivity contribution in [3.63, 3.8) is 0 Å². The van der Waals surface area contributed by atoms with Gasteiger partial charge in [0.2, 0.25) is 0 Å². The maximum absolute atomic E-state index is 6.35. The number of benzene rings is 1. The quantitative estimate of drug-likeness (QED) is 0.760. The van der Waals surface area contributed by atoms with Gasteiger partial charge in [0.1, 0.15) is 0 Å². The lowest BCUT2D eigenvalue weighted by Gasteiger charge is -2.13. The van der Waals surface area contributed by atoms with Crippen LogP contribution in [0.25, 0.3) is 10.2 Å².